The summed E-state index contributed by atoms with van der Waals surface area (Å²) in [5, 5.41) is 0.628. The molecular formula is C14H13FN2O3S. The zero-order chi connectivity index (χ0) is 15.0. The first kappa shape index (κ1) is 13.9. The van der Waals surface area contributed by atoms with E-state index in [9.17, 15) is 17.1 Å². The van der Waals surface area contributed by atoms with Gasteiger partial charge in [-0.15, -0.1) is 3.89 Å². The molecule has 1 saturated heterocycles. The molecule has 110 valence electrons. The molecule has 2 aromatic rings. The molecular weight excluding hydrogens is 295 g/mol. The molecule has 0 N–H and O–H groups in total. The number of benzene rings is 1. The lowest BCUT2D eigenvalue weighted by molar-refractivity contribution is -0.128. The molecule has 0 saturated carbocycles. The Hall–Kier alpha value is -2.02. The van der Waals surface area contributed by atoms with Crippen LogP contribution in [0.1, 0.15) is 12.1 Å². The summed E-state index contributed by atoms with van der Waals surface area (Å²) in [6.45, 7) is 0.0643. The van der Waals surface area contributed by atoms with Crippen LogP contribution in [0.3, 0.4) is 0 Å². The number of amides is 1. The Balaban J connectivity index is 1.88. The van der Waals surface area contributed by atoms with Crippen LogP contribution < -0.4 is 0 Å². The minimum absolute atomic E-state index is 0.122. The van der Waals surface area contributed by atoms with Gasteiger partial charge in [0.25, 0.3) is 0 Å². The van der Waals surface area contributed by atoms with Gasteiger partial charge in [-0.3, -0.25) is 9.78 Å². The maximum Gasteiger partial charge on any atom is 0.307 e. The topological polar surface area (TPSA) is 67.3 Å². The van der Waals surface area contributed by atoms with Gasteiger partial charge in [-0.1, -0.05) is 24.3 Å². The third-order valence-electron chi connectivity index (χ3n) is 3.67. The Morgan fingerprint density at radius 3 is 2.76 bits per heavy atom. The van der Waals surface area contributed by atoms with Gasteiger partial charge in [0.1, 0.15) is 5.25 Å². The third kappa shape index (κ3) is 2.73. The van der Waals surface area contributed by atoms with Crippen LogP contribution in [0, 0.1) is 0 Å². The van der Waals surface area contributed by atoms with Crippen LogP contribution in [0.4, 0.5) is 3.89 Å². The van der Waals surface area contributed by atoms with Gasteiger partial charge in [0, 0.05) is 24.5 Å². The molecule has 0 aliphatic carbocycles. The van der Waals surface area contributed by atoms with Gasteiger partial charge in [-0.2, -0.15) is 8.42 Å². The monoisotopic (exact) mass is 308 g/mol. The van der Waals surface area contributed by atoms with Crippen molar-refractivity contribution in [2.75, 3.05) is 6.54 Å². The van der Waals surface area contributed by atoms with Crippen LogP contribution in [0.5, 0.6) is 0 Å². The van der Waals surface area contributed by atoms with Crippen molar-refractivity contribution in [3.8, 4) is 0 Å². The van der Waals surface area contributed by atoms with Crippen molar-refractivity contribution < 1.29 is 17.1 Å². The number of nitrogens with zero attached hydrogens (tertiary/aromatic N) is 2. The lowest BCUT2D eigenvalue weighted by atomic mass is 10.1. The van der Waals surface area contributed by atoms with Gasteiger partial charge in [0.15, 0.2) is 0 Å². The van der Waals surface area contributed by atoms with E-state index in [2.05, 4.69) is 4.98 Å². The van der Waals surface area contributed by atoms with Crippen molar-refractivity contribution in [3.63, 3.8) is 0 Å². The molecule has 1 atom stereocenters. The highest BCUT2D eigenvalue weighted by atomic mass is 32.3. The minimum Gasteiger partial charge on any atom is -0.335 e. The Morgan fingerprint density at radius 1 is 1.29 bits per heavy atom. The Morgan fingerprint density at radius 2 is 2.05 bits per heavy atom. The standard InChI is InChI=1S/C14H13FN2O3S/c15-21(19,20)11-7-14(18)17(8-11)9-13-12-4-2-1-3-10(12)5-6-16-13/h1-6,11H,7-9H2. The molecule has 1 aromatic carbocycles. The number of halogens is 1. The summed E-state index contributed by atoms with van der Waals surface area (Å²) in [5.74, 6) is -0.365. The number of hydrogen-bond acceptors (Lipinski definition) is 4. The van der Waals surface area contributed by atoms with Crippen molar-refractivity contribution in [1.29, 1.82) is 0 Å². The van der Waals surface area contributed by atoms with Crippen molar-refractivity contribution in [2.24, 2.45) is 0 Å². The maximum absolute atomic E-state index is 13.0. The van der Waals surface area contributed by atoms with Gasteiger partial charge < -0.3 is 4.90 Å². The molecule has 21 heavy (non-hydrogen) atoms. The minimum atomic E-state index is -4.69. The van der Waals surface area contributed by atoms with Gasteiger partial charge >= 0.3 is 10.2 Å². The molecule has 1 unspecified atom stereocenters. The quantitative estimate of drug-likeness (QED) is 0.808. The first-order chi connectivity index (χ1) is 9.95. The fraction of sp³-hybridized carbons (Fsp3) is 0.286. The van der Waals surface area contributed by atoms with Gasteiger partial charge in [-0.25, -0.2) is 0 Å². The maximum atomic E-state index is 13.0. The highest BCUT2D eigenvalue weighted by Gasteiger charge is 2.38. The number of fused-ring (bicyclic) bond motifs is 1. The van der Waals surface area contributed by atoms with Crippen LogP contribution in [0.2, 0.25) is 0 Å². The van der Waals surface area contributed by atoms with E-state index >= 15 is 0 Å². The summed E-state index contributed by atoms with van der Waals surface area (Å²) in [6.07, 6.45) is 1.34. The third-order valence-corrected chi connectivity index (χ3v) is 4.79. The molecule has 2 heterocycles. The molecule has 5 nitrogen and oxygen atoms in total. The lowest BCUT2D eigenvalue weighted by Crippen LogP contribution is -2.27. The Bertz CT molecular complexity index is 801. The number of rotatable bonds is 3. The van der Waals surface area contributed by atoms with Crippen molar-refractivity contribution in [2.45, 2.75) is 18.2 Å². The Kier molecular flexibility index (Phi) is 3.36. The normalized spacial score (nSPS) is 19.4. The number of likely N-dealkylation sites (tertiary alicyclic amines) is 1. The highest BCUT2D eigenvalue weighted by Crippen LogP contribution is 2.23. The molecule has 3 rings (SSSR count). The summed E-state index contributed by atoms with van der Waals surface area (Å²) in [6, 6.07) is 9.45. The number of carbonyl (C=O) groups excluding carboxylic acids is 1. The summed E-state index contributed by atoms with van der Waals surface area (Å²) in [4.78, 5) is 17.4. The first-order valence-electron chi connectivity index (χ1n) is 6.49. The van der Waals surface area contributed by atoms with Crippen LogP contribution >= 0.6 is 0 Å². The molecule has 7 heteroatoms. The molecule has 1 amide bonds. The SMILES string of the molecule is O=C1CC(S(=O)(=O)F)CN1Cc1nccc2ccccc12. The molecule has 1 fully saturated rings. The summed E-state index contributed by atoms with van der Waals surface area (Å²) in [5.41, 5.74) is 0.679. The van der Waals surface area contributed by atoms with Crippen LogP contribution in [0.25, 0.3) is 10.8 Å². The number of pyridine rings is 1. The number of carbonyl (C=O) groups is 1. The van der Waals surface area contributed by atoms with Gasteiger partial charge in [0.05, 0.1) is 12.2 Å². The fourth-order valence-corrected chi connectivity index (χ4v) is 3.27. The van der Waals surface area contributed by atoms with E-state index in [1.165, 1.54) is 4.90 Å². The molecule has 0 radical (unpaired) electrons. The summed E-state index contributed by atoms with van der Waals surface area (Å²) >= 11 is 0. The second-order valence-corrected chi connectivity index (χ2v) is 6.67. The first-order valence-corrected chi connectivity index (χ1v) is 7.93. The second-order valence-electron chi connectivity index (χ2n) is 5.05. The van der Waals surface area contributed by atoms with E-state index in [4.69, 9.17) is 0 Å². The largest absolute Gasteiger partial charge is 0.335 e. The summed E-state index contributed by atoms with van der Waals surface area (Å²) in [7, 11) is -4.69. The Labute approximate surface area is 121 Å². The second kappa shape index (κ2) is 5.07. The zero-order valence-corrected chi connectivity index (χ0v) is 11.9. The predicted octanol–water partition coefficient (Wildman–Crippen LogP) is 1.63. The molecule has 0 spiro atoms. The molecule has 0 bridgehead atoms. The average Bonchev–Trinajstić information content (AvgIpc) is 2.81. The van der Waals surface area contributed by atoms with Crippen molar-refractivity contribution >= 4 is 26.9 Å². The molecule has 1 aliphatic rings. The van der Waals surface area contributed by atoms with Crippen molar-refractivity contribution in [1.82, 2.24) is 9.88 Å². The number of aromatic nitrogens is 1. The van der Waals surface area contributed by atoms with E-state index in [-0.39, 0.29) is 25.4 Å². The molecule has 1 aromatic heterocycles. The van der Waals surface area contributed by atoms with E-state index in [1.807, 2.05) is 30.3 Å². The average molecular weight is 308 g/mol. The van der Waals surface area contributed by atoms with E-state index < -0.39 is 15.5 Å². The van der Waals surface area contributed by atoms with E-state index in [1.54, 1.807) is 6.20 Å². The highest BCUT2D eigenvalue weighted by molar-refractivity contribution is 7.87. The fourth-order valence-electron chi connectivity index (χ4n) is 2.57. The van der Waals surface area contributed by atoms with Crippen LogP contribution in [0.15, 0.2) is 36.5 Å². The van der Waals surface area contributed by atoms with Gasteiger partial charge in [-0.05, 0) is 11.5 Å². The predicted molar refractivity (Wildman–Crippen MR) is 75.6 cm³/mol. The molecule has 1 aliphatic heterocycles. The van der Waals surface area contributed by atoms with Gasteiger partial charge in [0.2, 0.25) is 5.91 Å². The number of hydrogen-bond donors (Lipinski definition) is 0. The van der Waals surface area contributed by atoms with Crippen molar-refractivity contribution in [3.05, 3.63) is 42.2 Å². The van der Waals surface area contributed by atoms with Crippen LogP contribution in [-0.2, 0) is 21.6 Å². The van der Waals surface area contributed by atoms with E-state index in [0.717, 1.165) is 10.8 Å². The summed E-state index contributed by atoms with van der Waals surface area (Å²) < 4.78 is 34.9. The zero-order valence-electron chi connectivity index (χ0n) is 11.1. The lowest BCUT2D eigenvalue weighted by Gasteiger charge is -2.16. The van der Waals surface area contributed by atoms with E-state index in [0.29, 0.717) is 5.69 Å². The van der Waals surface area contributed by atoms with Crippen LogP contribution in [-0.4, -0.2) is 36.0 Å². The smallest absolute Gasteiger partial charge is 0.307 e.